The second-order valence-corrected chi connectivity index (χ2v) is 3.70. The number of nitrogens with one attached hydrogen (secondary N) is 1. The molecule has 2 N–H and O–H groups in total. The first-order chi connectivity index (χ1) is 9.06. The van der Waals surface area contributed by atoms with Gasteiger partial charge in [0.15, 0.2) is 0 Å². The van der Waals surface area contributed by atoms with E-state index >= 15 is 0 Å². The molecule has 0 aliphatic rings. The molecule has 0 aliphatic carbocycles. The molecule has 0 atom stereocenters. The molecular formula is C13H9FN2O3. The van der Waals surface area contributed by atoms with Crippen LogP contribution in [0.15, 0.2) is 42.6 Å². The zero-order valence-corrected chi connectivity index (χ0v) is 9.63. The number of hydrogen-bond donors (Lipinski definition) is 2. The van der Waals surface area contributed by atoms with Gasteiger partial charge in [-0.2, -0.15) is 0 Å². The number of halogens is 1. The highest BCUT2D eigenvalue weighted by molar-refractivity contribution is 6.05. The molecule has 0 radical (unpaired) electrons. The fraction of sp³-hybridized carbons (Fsp3) is 0. The van der Waals surface area contributed by atoms with E-state index in [0.717, 1.165) is 12.3 Å². The fourth-order valence-electron chi connectivity index (χ4n) is 1.43. The Hall–Kier alpha value is -2.76. The van der Waals surface area contributed by atoms with Gasteiger partial charge in [-0.05, 0) is 30.3 Å². The van der Waals surface area contributed by atoms with Crippen molar-refractivity contribution in [3.8, 4) is 0 Å². The normalized spacial score (nSPS) is 9.95. The van der Waals surface area contributed by atoms with Gasteiger partial charge >= 0.3 is 5.97 Å². The van der Waals surface area contributed by atoms with Crippen LogP contribution in [0.2, 0.25) is 0 Å². The number of anilines is 1. The average Bonchev–Trinajstić information content (AvgIpc) is 2.41. The predicted molar refractivity (Wildman–Crippen MR) is 65.5 cm³/mol. The molecule has 0 bridgehead atoms. The number of amides is 1. The summed E-state index contributed by atoms with van der Waals surface area (Å²) in [5.41, 5.74) is 0.200. The van der Waals surface area contributed by atoms with Gasteiger partial charge in [-0.25, -0.2) is 14.2 Å². The fourth-order valence-corrected chi connectivity index (χ4v) is 1.43. The van der Waals surface area contributed by atoms with E-state index in [0.29, 0.717) is 0 Å². The van der Waals surface area contributed by atoms with Gasteiger partial charge in [0.05, 0.1) is 11.8 Å². The van der Waals surface area contributed by atoms with E-state index < -0.39 is 17.7 Å². The first kappa shape index (κ1) is 12.7. The van der Waals surface area contributed by atoms with Crippen molar-refractivity contribution < 1.29 is 19.1 Å². The predicted octanol–water partition coefficient (Wildman–Crippen LogP) is 2.17. The molecule has 1 amide bonds. The van der Waals surface area contributed by atoms with Crippen LogP contribution in [0.5, 0.6) is 0 Å². The number of benzene rings is 1. The molecule has 2 rings (SSSR count). The molecule has 0 unspecified atom stereocenters. The Balaban J connectivity index is 2.18. The lowest BCUT2D eigenvalue weighted by atomic mass is 10.1. The molecule has 1 aromatic heterocycles. The maximum Gasteiger partial charge on any atom is 0.335 e. The van der Waals surface area contributed by atoms with Crippen molar-refractivity contribution in [3.05, 3.63) is 59.5 Å². The average molecular weight is 260 g/mol. The zero-order valence-electron chi connectivity index (χ0n) is 9.63. The maximum atomic E-state index is 12.6. The van der Waals surface area contributed by atoms with E-state index in [1.807, 2.05) is 0 Å². The van der Waals surface area contributed by atoms with Gasteiger partial charge in [0.2, 0.25) is 0 Å². The zero-order chi connectivity index (χ0) is 13.8. The molecule has 0 aliphatic heterocycles. The molecule has 0 spiro atoms. The number of carbonyl (C=O) groups is 2. The first-order valence-electron chi connectivity index (χ1n) is 5.32. The molecule has 1 aromatic carbocycles. The molecular weight excluding hydrogens is 251 g/mol. The summed E-state index contributed by atoms with van der Waals surface area (Å²) in [5, 5.41) is 11.3. The van der Waals surface area contributed by atoms with E-state index in [2.05, 4.69) is 10.3 Å². The molecule has 19 heavy (non-hydrogen) atoms. The third kappa shape index (κ3) is 3.12. The number of hydrogen-bond acceptors (Lipinski definition) is 3. The Morgan fingerprint density at radius 1 is 1.16 bits per heavy atom. The minimum absolute atomic E-state index is 0.0136. The lowest BCUT2D eigenvalue weighted by Crippen LogP contribution is -2.13. The third-order valence-electron chi connectivity index (χ3n) is 2.34. The van der Waals surface area contributed by atoms with Crippen molar-refractivity contribution in [2.45, 2.75) is 0 Å². The van der Waals surface area contributed by atoms with Gasteiger partial charge in [0.1, 0.15) is 11.6 Å². The van der Waals surface area contributed by atoms with Crippen molar-refractivity contribution in [2.24, 2.45) is 0 Å². The first-order valence-corrected chi connectivity index (χ1v) is 5.32. The van der Waals surface area contributed by atoms with Crippen molar-refractivity contribution in [2.75, 3.05) is 5.32 Å². The highest BCUT2D eigenvalue weighted by Gasteiger charge is 2.10. The third-order valence-corrected chi connectivity index (χ3v) is 2.34. The highest BCUT2D eigenvalue weighted by Crippen LogP contribution is 2.09. The summed E-state index contributed by atoms with van der Waals surface area (Å²) in [5.74, 6) is -1.95. The van der Waals surface area contributed by atoms with Crippen LogP contribution in [-0.4, -0.2) is 22.0 Å². The SMILES string of the molecule is O=C(O)c1cccc(C(=O)Nc2ccc(F)cn2)c1. The van der Waals surface area contributed by atoms with Crippen LogP contribution in [0.3, 0.4) is 0 Å². The Morgan fingerprint density at radius 2 is 1.89 bits per heavy atom. The number of aromatic nitrogens is 1. The van der Waals surface area contributed by atoms with Crippen LogP contribution in [0.1, 0.15) is 20.7 Å². The number of aromatic carboxylic acids is 1. The summed E-state index contributed by atoms with van der Waals surface area (Å²) >= 11 is 0. The summed E-state index contributed by atoms with van der Waals surface area (Å²) in [6, 6.07) is 8.06. The quantitative estimate of drug-likeness (QED) is 0.886. The minimum Gasteiger partial charge on any atom is -0.478 e. The topological polar surface area (TPSA) is 79.3 Å². The minimum atomic E-state index is -1.12. The lowest BCUT2D eigenvalue weighted by Gasteiger charge is -2.04. The number of carbonyl (C=O) groups excluding carboxylic acids is 1. The lowest BCUT2D eigenvalue weighted by molar-refractivity contribution is 0.0697. The molecule has 2 aromatic rings. The van der Waals surface area contributed by atoms with Crippen LogP contribution in [0.4, 0.5) is 10.2 Å². The van der Waals surface area contributed by atoms with Crippen molar-refractivity contribution in [1.82, 2.24) is 4.98 Å². The van der Waals surface area contributed by atoms with Gasteiger partial charge in [-0.3, -0.25) is 4.79 Å². The standard InChI is InChI=1S/C13H9FN2O3/c14-10-4-5-11(15-7-10)16-12(17)8-2-1-3-9(6-8)13(18)19/h1-7H,(H,18,19)(H,15,16,17). The second-order valence-electron chi connectivity index (χ2n) is 3.70. The van der Waals surface area contributed by atoms with Crippen molar-refractivity contribution in [3.63, 3.8) is 0 Å². The maximum absolute atomic E-state index is 12.6. The Morgan fingerprint density at radius 3 is 2.53 bits per heavy atom. The summed E-state index contributed by atoms with van der Waals surface area (Å²) in [7, 11) is 0. The van der Waals surface area contributed by atoms with Crippen LogP contribution < -0.4 is 5.32 Å². The van der Waals surface area contributed by atoms with Crippen molar-refractivity contribution >= 4 is 17.7 Å². The van der Waals surface area contributed by atoms with Crippen LogP contribution >= 0.6 is 0 Å². The number of pyridine rings is 1. The number of carboxylic acid groups (broad SMARTS) is 1. The van der Waals surface area contributed by atoms with E-state index in [9.17, 15) is 14.0 Å². The molecule has 0 fully saturated rings. The Kier molecular flexibility index (Phi) is 3.51. The van der Waals surface area contributed by atoms with Crippen LogP contribution in [0, 0.1) is 5.82 Å². The van der Waals surface area contributed by atoms with E-state index in [1.54, 1.807) is 0 Å². The number of rotatable bonds is 3. The summed E-state index contributed by atoms with van der Waals surface area (Å²) in [6.45, 7) is 0. The van der Waals surface area contributed by atoms with E-state index in [4.69, 9.17) is 5.11 Å². The van der Waals surface area contributed by atoms with Crippen LogP contribution in [-0.2, 0) is 0 Å². The van der Waals surface area contributed by atoms with Crippen LogP contribution in [0.25, 0.3) is 0 Å². The molecule has 5 nitrogen and oxygen atoms in total. The largest absolute Gasteiger partial charge is 0.478 e. The molecule has 1 heterocycles. The molecule has 0 saturated heterocycles. The summed E-state index contributed by atoms with van der Waals surface area (Å²) in [4.78, 5) is 26.3. The number of nitrogens with zero attached hydrogens (tertiary/aromatic N) is 1. The highest BCUT2D eigenvalue weighted by atomic mass is 19.1. The molecule has 96 valence electrons. The summed E-state index contributed by atoms with van der Waals surface area (Å²) in [6.07, 6.45) is 0.975. The Bertz CT molecular complexity index is 626. The van der Waals surface area contributed by atoms with Gasteiger partial charge in [-0.1, -0.05) is 6.07 Å². The van der Waals surface area contributed by atoms with Gasteiger partial charge in [0.25, 0.3) is 5.91 Å². The number of carboxylic acids is 1. The monoisotopic (exact) mass is 260 g/mol. The van der Waals surface area contributed by atoms with Crippen molar-refractivity contribution in [1.29, 1.82) is 0 Å². The second kappa shape index (κ2) is 5.26. The van der Waals surface area contributed by atoms with E-state index in [-0.39, 0.29) is 16.9 Å². The molecule has 0 saturated carbocycles. The van der Waals surface area contributed by atoms with E-state index in [1.165, 1.54) is 30.3 Å². The Labute approximate surface area is 107 Å². The smallest absolute Gasteiger partial charge is 0.335 e. The van der Waals surface area contributed by atoms with Gasteiger partial charge < -0.3 is 10.4 Å². The van der Waals surface area contributed by atoms with Gasteiger partial charge in [0, 0.05) is 5.56 Å². The molecule has 6 heteroatoms. The van der Waals surface area contributed by atoms with Gasteiger partial charge in [-0.15, -0.1) is 0 Å². The summed E-state index contributed by atoms with van der Waals surface area (Å²) < 4.78 is 12.6.